The van der Waals surface area contributed by atoms with Crippen LogP contribution in [0.15, 0.2) is 29.6 Å². The van der Waals surface area contributed by atoms with E-state index in [2.05, 4.69) is 5.32 Å². The number of carbonyl (C=O) groups is 2. The fraction of sp³-hybridized carbons (Fsp3) is 0.429. The van der Waals surface area contributed by atoms with Crippen LogP contribution in [0.2, 0.25) is 0 Å². The number of nitrogens with one attached hydrogen (secondary N) is 1. The molecule has 0 radical (unpaired) electrons. The Bertz CT molecular complexity index is 835. The average molecular weight is 403 g/mol. The molecule has 1 unspecified atom stereocenters. The van der Waals surface area contributed by atoms with E-state index in [-0.39, 0.29) is 11.8 Å². The second-order valence-electron chi connectivity index (χ2n) is 6.62. The van der Waals surface area contributed by atoms with Crippen LogP contribution in [0.3, 0.4) is 0 Å². The Labute approximate surface area is 169 Å². The van der Waals surface area contributed by atoms with Crippen molar-refractivity contribution < 1.29 is 19.1 Å². The molecule has 1 aliphatic rings. The van der Waals surface area contributed by atoms with Gasteiger partial charge >= 0.3 is 0 Å². The van der Waals surface area contributed by atoms with E-state index in [1.165, 1.54) is 16.9 Å². The summed E-state index contributed by atoms with van der Waals surface area (Å²) in [4.78, 5) is 27.5. The van der Waals surface area contributed by atoms with Crippen molar-refractivity contribution in [1.29, 1.82) is 0 Å². The van der Waals surface area contributed by atoms with Crippen LogP contribution in [-0.4, -0.2) is 42.5 Å². The van der Waals surface area contributed by atoms with Gasteiger partial charge in [0.05, 0.1) is 18.1 Å². The van der Waals surface area contributed by atoms with Gasteiger partial charge in [0.25, 0.3) is 5.91 Å². The number of fused-ring (bicyclic) bond motifs is 1. The molecule has 1 aromatic heterocycles. The number of hydrogen-bond acceptors (Lipinski definition) is 5. The zero-order valence-corrected chi connectivity index (χ0v) is 17.3. The monoisotopic (exact) mass is 402 g/mol. The number of nitrogens with zero attached hydrogens (tertiary/aromatic N) is 1. The maximum absolute atomic E-state index is 12.9. The van der Waals surface area contributed by atoms with E-state index in [0.717, 1.165) is 17.7 Å². The molecule has 0 bridgehead atoms. The molecule has 1 aliphatic heterocycles. The standard InChI is InChI=1S/C21H26N2O4S/c1-4-26-17-11-15-8-9-23(13-16(15)12-18(17)27-5-2)21(25)14(3)22-20(24)19-7-6-10-28-19/h6-7,10-12,14H,4-5,8-9,13H2,1-3H3,(H,22,24). The highest BCUT2D eigenvalue weighted by Crippen LogP contribution is 2.34. The Kier molecular flexibility index (Phi) is 6.57. The van der Waals surface area contributed by atoms with E-state index in [0.29, 0.717) is 36.9 Å². The van der Waals surface area contributed by atoms with Gasteiger partial charge in [0, 0.05) is 13.1 Å². The maximum atomic E-state index is 12.9. The fourth-order valence-corrected chi connectivity index (χ4v) is 3.93. The van der Waals surface area contributed by atoms with E-state index in [4.69, 9.17) is 9.47 Å². The first kappa shape index (κ1) is 20.2. The first-order valence-electron chi connectivity index (χ1n) is 9.58. The highest BCUT2D eigenvalue weighted by molar-refractivity contribution is 7.12. The number of ether oxygens (including phenoxy) is 2. The molecule has 2 aromatic rings. The molecule has 6 nitrogen and oxygen atoms in total. The van der Waals surface area contributed by atoms with Crippen molar-refractivity contribution >= 4 is 23.2 Å². The Balaban J connectivity index is 1.70. The van der Waals surface area contributed by atoms with E-state index < -0.39 is 6.04 Å². The molecule has 2 amide bonds. The predicted octanol–water partition coefficient (Wildman–Crippen LogP) is 3.25. The lowest BCUT2D eigenvalue weighted by Crippen LogP contribution is -2.48. The minimum Gasteiger partial charge on any atom is -0.490 e. The number of thiophene rings is 1. The van der Waals surface area contributed by atoms with Crippen LogP contribution in [0.1, 0.15) is 41.6 Å². The first-order chi connectivity index (χ1) is 13.5. The SMILES string of the molecule is CCOc1cc2c(cc1OCC)CN(C(=O)C(C)NC(=O)c1cccs1)CC2. The van der Waals surface area contributed by atoms with Gasteiger partial charge in [0.1, 0.15) is 6.04 Å². The van der Waals surface area contributed by atoms with E-state index in [9.17, 15) is 9.59 Å². The third-order valence-electron chi connectivity index (χ3n) is 4.65. The fourth-order valence-electron chi connectivity index (χ4n) is 3.30. The van der Waals surface area contributed by atoms with Gasteiger partial charge in [-0.05, 0) is 61.9 Å². The van der Waals surface area contributed by atoms with Crippen molar-refractivity contribution in [1.82, 2.24) is 10.2 Å². The summed E-state index contributed by atoms with van der Waals surface area (Å²) in [7, 11) is 0. The number of rotatable bonds is 7. The molecule has 1 atom stereocenters. The van der Waals surface area contributed by atoms with Crippen LogP contribution in [-0.2, 0) is 17.8 Å². The largest absolute Gasteiger partial charge is 0.490 e. The van der Waals surface area contributed by atoms with Crippen molar-refractivity contribution in [2.45, 2.75) is 39.8 Å². The minimum atomic E-state index is -0.579. The summed E-state index contributed by atoms with van der Waals surface area (Å²) in [6, 6.07) is 6.98. The van der Waals surface area contributed by atoms with Crippen LogP contribution >= 0.6 is 11.3 Å². The molecule has 3 rings (SSSR count). The molecule has 0 saturated heterocycles. The van der Waals surface area contributed by atoms with Crippen LogP contribution in [0.25, 0.3) is 0 Å². The second-order valence-corrected chi connectivity index (χ2v) is 7.56. The number of benzene rings is 1. The molecule has 1 aromatic carbocycles. The molecular formula is C21H26N2O4S. The first-order valence-corrected chi connectivity index (χ1v) is 10.5. The van der Waals surface area contributed by atoms with Crippen molar-refractivity contribution in [3.8, 4) is 11.5 Å². The molecule has 0 aliphatic carbocycles. The van der Waals surface area contributed by atoms with E-state index in [1.807, 2.05) is 37.4 Å². The van der Waals surface area contributed by atoms with Gasteiger partial charge in [0.2, 0.25) is 5.91 Å². The predicted molar refractivity (Wildman–Crippen MR) is 109 cm³/mol. The molecule has 0 spiro atoms. The van der Waals surface area contributed by atoms with Gasteiger partial charge in [-0.25, -0.2) is 0 Å². The molecule has 2 heterocycles. The van der Waals surface area contributed by atoms with Crippen molar-refractivity contribution in [2.24, 2.45) is 0 Å². The molecule has 0 saturated carbocycles. The lowest BCUT2D eigenvalue weighted by molar-refractivity contribution is -0.133. The molecule has 28 heavy (non-hydrogen) atoms. The van der Waals surface area contributed by atoms with Gasteiger partial charge in [0.15, 0.2) is 11.5 Å². The number of amides is 2. The summed E-state index contributed by atoms with van der Waals surface area (Å²) in [5, 5.41) is 4.64. The van der Waals surface area contributed by atoms with Crippen molar-refractivity contribution in [2.75, 3.05) is 19.8 Å². The number of hydrogen-bond donors (Lipinski definition) is 1. The summed E-state index contributed by atoms with van der Waals surface area (Å²) >= 11 is 1.36. The zero-order chi connectivity index (χ0) is 20.1. The Morgan fingerprint density at radius 1 is 1.18 bits per heavy atom. The van der Waals surface area contributed by atoms with Gasteiger partial charge in [-0.1, -0.05) is 6.07 Å². The van der Waals surface area contributed by atoms with Crippen molar-refractivity contribution in [3.63, 3.8) is 0 Å². The molecular weight excluding hydrogens is 376 g/mol. The van der Waals surface area contributed by atoms with E-state index >= 15 is 0 Å². The molecule has 150 valence electrons. The summed E-state index contributed by atoms with van der Waals surface area (Å²) in [5.74, 6) is 1.16. The summed E-state index contributed by atoms with van der Waals surface area (Å²) in [5.41, 5.74) is 2.23. The van der Waals surface area contributed by atoms with Gasteiger partial charge in [-0.2, -0.15) is 0 Å². The normalized spacial score (nSPS) is 14.2. The third-order valence-corrected chi connectivity index (χ3v) is 5.52. The lowest BCUT2D eigenvalue weighted by Gasteiger charge is -2.31. The Morgan fingerprint density at radius 2 is 1.86 bits per heavy atom. The minimum absolute atomic E-state index is 0.0811. The summed E-state index contributed by atoms with van der Waals surface area (Å²) in [6.45, 7) is 7.85. The Morgan fingerprint density at radius 3 is 2.46 bits per heavy atom. The smallest absolute Gasteiger partial charge is 0.261 e. The van der Waals surface area contributed by atoms with Gasteiger partial charge in [-0.15, -0.1) is 11.3 Å². The van der Waals surface area contributed by atoms with Gasteiger partial charge < -0.3 is 19.7 Å². The zero-order valence-electron chi connectivity index (χ0n) is 16.5. The highest BCUT2D eigenvalue weighted by atomic mass is 32.1. The van der Waals surface area contributed by atoms with Crippen LogP contribution < -0.4 is 14.8 Å². The summed E-state index contributed by atoms with van der Waals surface area (Å²) in [6.07, 6.45) is 0.749. The lowest BCUT2D eigenvalue weighted by atomic mass is 9.98. The Hall–Kier alpha value is -2.54. The quantitative estimate of drug-likeness (QED) is 0.772. The number of carbonyl (C=O) groups excluding carboxylic acids is 2. The molecule has 7 heteroatoms. The maximum Gasteiger partial charge on any atom is 0.261 e. The van der Waals surface area contributed by atoms with Crippen LogP contribution in [0, 0.1) is 0 Å². The van der Waals surface area contributed by atoms with Gasteiger partial charge in [-0.3, -0.25) is 9.59 Å². The average Bonchev–Trinajstić information content (AvgIpc) is 3.23. The third kappa shape index (κ3) is 4.47. The summed E-state index contributed by atoms with van der Waals surface area (Å²) < 4.78 is 11.4. The molecule has 0 fully saturated rings. The second kappa shape index (κ2) is 9.10. The molecule has 1 N–H and O–H groups in total. The van der Waals surface area contributed by atoms with Crippen LogP contribution in [0.5, 0.6) is 11.5 Å². The topological polar surface area (TPSA) is 67.9 Å². The van der Waals surface area contributed by atoms with Crippen LogP contribution in [0.4, 0.5) is 0 Å². The van der Waals surface area contributed by atoms with E-state index in [1.54, 1.807) is 17.9 Å². The van der Waals surface area contributed by atoms with Crippen molar-refractivity contribution in [3.05, 3.63) is 45.6 Å². The highest BCUT2D eigenvalue weighted by Gasteiger charge is 2.27.